The maximum atomic E-state index is 11.2. The van der Waals surface area contributed by atoms with Crippen LogP contribution < -0.4 is 5.73 Å². The molecule has 0 aliphatic carbocycles. The third-order valence-corrected chi connectivity index (χ3v) is 3.98. The Labute approximate surface area is 115 Å². The predicted molar refractivity (Wildman–Crippen MR) is 75.6 cm³/mol. The highest BCUT2D eigenvalue weighted by Gasteiger charge is 2.22. The molecular formula is C14H16N2O2S. The van der Waals surface area contributed by atoms with Gasteiger partial charge in [0.1, 0.15) is 9.88 Å². The molecule has 1 unspecified atom stereocenters. The summed E-state index contributed by atoms with van der Waals surface area (Å²) in [5, 5.41) is 9.86. The highest BCUT2D eigenvalue weighted by molar-refractivity contribution is 7.13. The van der Waals surface area contributed by atoms with E-state index in [1.165, 1.54) is 0 Å². The van der Waals surface area contributed by atoms with Crippen LogP contribution in [0.15, 0.2) is 30.3 Å². The number of nitrogens with zero attached hydrogens (tertiary/aromatic N) is 1. The molecule has 0 radical (unpaired) electrons. The highest BCUT2D eigenvalue weighted by Crippen LogP contribution is 2.30. The number of nitrogens with two attached hydrogens (primary N) is 1. The number of carboxylic acids is 1. The Hall–Kier alpha value is -1.72. The molecule has 4 nitrogen and oxygen atoms in total. The predicted octanol–water partition coefficient (Wildman–Crippen LogP) is 3.01. The first-order valence-electron chi connectivity index (χ1n) is 6.05. The average Bonchev–Trinajstić information content (AvgIpc) is 2.84. The lowest BCUT2D eigenvalue weighted by atomic mass is 10.1. The van der Waals surface area contributed by atoms with Crippen LogP contribution in [-0.4, -0.2) is 16.1 Å². The Morgan fingerprint density at radius 1 is 1.32 bits per heavy atom. The van der Waals surface area contributed by atoms with Crippen molar-refractivity contribution < 1.29 is 9.90 Å². The van der Waals surface area contributed by atoms with E-state index in [-0.39, 0.29) is 16.8 Å². The van der Waals surface area contributed by atoms with Crippen molar-refractivity contribution in [1.82, 2.24) is 4.98 Å². The summed E-state index contributed by atoms with van der Waals surface area (Å²) in [6.45, 7) is 3.86. The van der Waals surface area contributed by atoms with Gasteiger partial charge in [-0.25, -0.2) is 9.78 Å². The maximum absolute atomic E-state index is 11.2. The zero-order valence-electron chi connectivity index (χ0n) is 10.8. The summed E-state index contributed by atoms with van der Waals surface area (Å²) in [4.78, 5) is 15.9. The van der Waals surface area contributed by atoms with Gasteiger partial charge in [0.15, 0.2) is 0 Å². The van der Waals surface area contributed by atoms with Gasteiger partial charge >= 0.3 is 5.97 Å². The standard InChI is InChI=1S/C14H16N2O2S/c1-8(2)11-12(14(17)18)19-13(16-11)10(15)9-6-4-3-5-7-9/h3-8,10H,15H2,1-2H3,(H,17,18). The normalized spacial score (nSPS) is 12.6. The number of benzene rings is 1. The molecule has 19 heavy (non-hydrogen) atoms. The number of hydrogen-bond acceptors (Lipinski definition) is 4. The van der Waals surface area contributed by atoms with Crippen molar-refractivity contribution in [2.45, 2.75) is 25.8 Å². The summed E-state index contributed by atoms with van der Waals surface area (Å²) < 4.78 is 0. The minimum absolute atomic E-state index is 0.0686. The van der Waals surface area contributed by atoms with E-state index in [9.17, 15) is 9.90 Å². The van der Waals surface area contributed by atoms with E-state index in [1.54, 1.807) is 0 Å². The number of hydrogen-bond donors (Lipinski definition) is 2. The molecule has 100 valence electrons. The smallest absolute Gasteiger partial charge is 0.347 e. The number of rotatable bonds is 4. The van der Waals surface area contributed by atoms with Crippen LogP contribution in [0.1, 0.15) is 51.7 Å². The zero-order chi connectivity index (χ0) is 14.0. The molecule has 0 aliphatic heterocycles. The van der Waals surface area contributed by atoms with Gasteiger partial charge in [0.05, 0.1) is 11.7 Å². The quantitative estimate of drug-likeness (QED) is 0.900. The lowest BCUT2D eigenvalue weighted by Gasteiger charge is -2.08. The molecule has 1 heterocycles. The van der Waals surface area contributed by atoms with Crippen molar-refractivity contribution >= 4 is 17.3 Å². The first-order valence-corrected chi connectivity index (χ1v) is 6.86. The maximum Gasteiger partial charge on any atom is 0.347 e. The summed E-state index contributed by atoms with van der Waals surface area (Å²) in [6.07, 6.45) is 0. The van der Waals surface area contributed by atoms with Crippen LogP contribution >= 0.6 is 11.3 Å². The SMILES string of the molecule is CC(C)c1nc(C(N)c2ccccc2)sc1C(=O)O. The third kappa shape index (κ3) is 2.83. The number of carbonyl (C=O) groups is 1. The molecule has 2 rings (SSSR count). The molecule has 0 saturated carbocycles. The van der Waals surface area contributed by atoms with Crippen molar-refractivity contribution in [3.05, 3.63) is 51.5 Å². The van der Waals surface area contributed by atoms with Gasteiger partial charge < -0.3 is 10.8 Å². The monoisotopic (exact) mass is 276 g/mol. The summed E-state index contributed by atoms with van der Waals surface area (Å²) in [6, 6.07) is 9.19. The molecular weight excluding hydrogens is 260 g/mol. The van der Waals surface area contributed by atoms with Crippen LogP contribution in [0.3, 0.4) is 0 Å². The number of aromatic nitrogens is 1. The lowest BCUT2D eigenvalue weighted by molar-refractivity contribution is 0.0700. The number of thiazole rings is 1. The van der Waals surface area contributed by atoms with Crippen molar-refractivity contribution in [2.24, 2.45) is 5.73 Å². The van der Waals surface area contributed by atoms with E-state index >= 15 is 0 Å². The summed E-state index contributed by atoms with van der Waals surface area (Å²) in [7, 11) is 0. The Balaban J connectivity index is 2.41. The molecule has 5 heteroatoms. The van der Waals surface area contributed by atoms with E-state index in [0.29, 0.717) is 10.7 Å². The zero-order valence-corrected chi connectivity index (χ0v) is 11.6. The van der Waals surface area contributed by atoms with Crippen LogP contribution in [-0.2, 0) is 0 Å². The van der Waals surface area contributed by atoms with Crippen molar-refractivity contribution in [1.29, 1.82) is 0 Å². The molecule has 1 aromatic carbocycles. The first kappa shape index (κ1) is 13.7. The van der Waals surface area contributed by atoms with Crippen molar-refractivity contribution in [3.8, 4) is 0 Å². The van der Waals surface area contributed by atoms with Gasteiger partial charge in [-0.05, 0) is 11.5 Å². The second-order valence-electron chi connectivity index (χ2n) is 4.61. The molecule has 0 spiro atoms. The fourth-order valence-corrected chi connectivity index (χ4v) is 2.92. The molecule has 1 aromatic heterocycles. The minimum Gasteiger partial charge on any atom is -0.477 e. The Kier molecular flexibility index (Phi) is 3.97. The average molecular weight is 276 g/mol. The van der Waals surface area contributed by atoms with Gasteiger partial charge in [-0.1, -0.05) is 44.2 Å². The Morgan fingerprint density at radius 3 is 2.42 bits per heavy atom. The van der Waals surface area contributed by atoms with Crippen LogP contribution in [0.5, 0.6) is 0 Å². The Morgan fingerprint density at radius 2 is 1.95 bits per heavy atom. The van der Waals surface area contributed by atoms with E-state index in [4.69, 9.17) is 5.73 Å². The van der Waals surface area contributed by atoms with Gasteiger partial charge in [0.2, 0.25) is 0 Å². The van der Waals surface area contributed by atoms with Gasteiger partial charge in [0, 0.05) is 0 Å². The molecule has 0 aliphatic rings. The second kappa shape index (κ2) is 5.50. The van der Waals surface area contributed by atoms with E-state index in [0.717, 1.165) is 16.9 Å². The van der Waals surface area contributed by atoms with E-state index < -0.39 is 5.97 Å². The summed E-state index contributed by atoms with van der Waals surface area (Å²) in [5.41, 5.74) is 7.70. The second-order valence-corrected chi connectivity index (χ2v) is 5.65. The fourth-order valence-electron chi connectivity index (χ4n) is 1.83. The fraction of sp³-hybridized carbons (Fsp3) is 0.286. The molecule has 0 bridgehead atoms. The van der Waals surface area contributed by atoms with Gasteiger partial charge in [-0.15, -0.1) is 11.3 Å². The van der Waals surface area contributed by atoms with Crippen LogP contribution in [0.4, 0.5) is 0 Å². The molecule has 0 amide bonds. The van der Waals surface area contributed by atoms with Crippen molar-refractivity contribution in [2.75, 3.05) is 0 Å². The first-order chi connectivity index (χ1) is 9.00. The number of carboxylic acid groups (broad SMARTS) is 1. The third-order valence-electron chi connectivity index (χ3n) is 2.84. The molecule has 1 atom stereocenters. The van der Waals surface area contributed by atoms with E-state index in [1.807, 2.05) is 44.2 Å². The largest absolute Gasteiger partial charge is 0.477 e. The molecule has 0 saturated heterocycles. The van der Waals surface area contributed by atoms with Gasteiger partial charge in [-0.3, -0.25) is 0 Å². The van der Waals surface area contributed by atoms with Gasteiger partial charge in [-0.2, -0.15) is 0 Å². The van der Waals surface area contributed by atoms with Crippen molar-refractivity contribution in [3.63, 3.8) is 0 Å². The molecule has 3 N–H and O–H groups in total. The Bertz CT molecular complexity index is 578. The van der Waals surface area contributed by atoms with Gasteiger partial charge in [0.25, 0.3) is 0 Å². The lowest BCUT2D eigenvalue weighted by Crippen LogP contribution is -2.11. The topological polar surface area (TPSA) is 76.2 Å². The molecule has 0 fully saturated rings. The number of aromatic carboxylic acids is 1. The van der Waals surface area contributed by atoms with Crippen LogP contribution in [0.2, 0.25) is 0 Å². The highest BCUT2D eigenvalue weighted by atomic mass is 32.1. The van der Waals surface area contributed by atoms with Crippen LogP contribution in [0, 0.1) is 0 Å². The molecule has 2 aromatic rings. The summed E-state index contributed by atoms with van der Waals surface area (Å²) >= 11 is 1.16. The van der Waals surface area contributed by atoms with Crippen LogP contribution in [0.25, 0.3) is 0 Å². The van der Waals surface area contributed by atoms with E-state index in [2.05, 4.69) is 4.98 Å². The minimum atomic E-state index is -0.937. The summed E-state index contributed by atoms with van der Waals surface area (Å²) in [5.74, 6) is -0.869.